The molecule has 33 heavy (non-hydrogen) atoms. The molecular weight excluding hydrogens is 433 g/mol. The van der Waals surface area contributed by atoms with Crippen molar-refractivity contribution in [3.8, 4) is 0 Å². The lowest BCUT2D eigenvalue weighted by molar-refractivity contribution is 0.130. The zero-order valence-corrected chi connectivity index (χ0v) is 23.0. The van der Waals surface area contributed by atoms with E-state index in [0.717, 1.165) is 6.42 Å². The molecule has 0 radical (unpaired) electrons. The summed E-state index contributed by atoms with van der Waals surface area (Å²) in [6, 6.07) is 33.5. The minimum atomic E-state index is -2.39. The Balaban J connectivity index is 1.91. The topological polar surface area (TPSA) is 9.23 Å². The molecule has 1 aliphatic rings. The maximum absolute atomic E-state index is 6.97. The highest BCUT2D eigenvalue weighted by atomic mass is 28.4. The lowest BCUT2D eigenvalue weighted by Gasteiger charge is -2.47. The van der Waals surface area contributed by atoms with E-state index in [0.29, 0.717) is 5.92 Å². The fraction of sp³-hybridized carbons (Fsp3) is 0.333. The summed E-state index contributed by atoms with van der Waals surface area (Å²) in [6.07, 6.45) is 1.37. The van der Waals surface area contributed by atoms with Crippen molar-refractivity contribution >= 4 is 32.0 Å². The van der Waals surface area contributed by atoms with Crippen LogP contribution in [0.2, 0.25) is 18.1 Å². The van der Waals surface area contributed by atoms with Gasteiger partial charge in [-0.15, -0.1) is 0 Å². The molecule has 1 fully saturated rings. The van der Waals surface area contributed by atoms with E-state index < -0.39 is 16.4 Å². The number of hydrogen-bond acceptors (Lipinski definition) is 1. The van der Waals surface area contributed by atoms with Crippen molar-refractivity contribution in [1.82, 2.24) is 0 Å². The highest BCUT2D eigenvalue weighted by Gasteiger charge is 2.46. The van der Waals surface area contributed by atoms with Gasteiger partial charge in [-0.25, -0.2) is 0 Å². The van der Waals surface area contributed by atoms with Gasteiger partial charge in [-0.3, -0.25) is 0 Å². The average Bonchev–Trinajstić information content (AvgIpc) is 2.80. The van der Waals surface area contributed by atoms with Gasteiger partial charge in [0.05, 0.1) is 6.10 Å². The first-order chi connectivity index (χ1) is 15.6. The Labute approximate surface area is 202 Å². The Kier molecular flexibility index (Phi) is 6.68. The second-order valence-electron chi connectivity index (χ2n) is 11.1. The molecule has 0 heterocycles. The summed E-state index contributed by atoms with van der Waals surface area (Å²) in [7, 11) is -4.24. The Morgan fingerprint density at radius 2 is 1.12 bits per heavy atom. The number of hydrogen-bond donors (Lipinski definition) is 0. The Morgan fingerprint density at radius 3 is 1.45 bits per heavy atom. The van der Waals surface area contributed by atoms with Crippen LogP contribution in [0.25, 0.3) is 0 Å². The highest BCUT2D eigenvalue weighted by Crippen LogP contribution is 2.44. The molecule has 0 bridgehead atoms. The molecule has 3 heteroatoms. The summed E-state index contributed by atoms with van der Waals surface area (Å²) >= 11 is 0. The normalized spacial score (nSPS) is 20.5. The van der Waals surface area contributed by atoms with Crippen LogP contribution in [0.5, 0.6) is 0 Å². The summed E-state index contributed by atoms with van der Waals surface area (Å²) in [6.45, 7) is 14.1. The molecule has 0 saturated heterocycles. The molecule has 0 aliphatic heterocycles. The molecule has 0 amide bonds. The van der Waals surface area contributed by atoms with E-state index in [2.05, 4.69) is 137 Å². The zero-order valence-electron chi connectivity index (χ0n) is 21.0. The number of benzene rings is 3. The van der Waals surface area contributed by atoms with Gasteiger partial charge in [0.2, 0.25) is 0 Å². The largest absolute Gasteiger partial charge is 0.410 e. The van der Waals surface area contributed by atoms with Crippen LogP contribution >= 0.6 is 0 Å². The first-order valence-corrected chi connectivity index (χ1v) is 17.2. The third kappa shape index (κ3) is 4.59. The van der Waals surface area contributed by atoms with E-state index in [4.69, 9.17) is 4.43 Å². The molecule has 1 saturated carbocycles. The Morgan fingerprint density at radius 1 is 0.727 bits per heavy atom. The molecule has 0 aromatic heterocycles. The second-order valence-corrected chi connectivity index (χ2v) is 19.4. The Bertz CT molecular complexity index is 986. The molecule has 172 valence electrons. The third-order valence-electron chi connectivity index (χ3n) is 7.82. The van der Waals surface area contributed by atoms with Crippen LogP contribution in [0.3, 0.4) is 0 Å². The zero-order chi connectivity index (χ0) is 23.7. The molecule has 0 spiro atoms. The molecule has 0 N–H and O–H groups in total. The maximum atomic E-state index is 6.97. The molecule has 1 nitrogen and oxygen atoms in total. The van der Waals surface area contributed by atoms with Crippen molar-refractivity contribution in [1.29, 1.82) is 0 Å². The summed E-state index contributed by atoms with van der Waals surface area (Å²) in [5.74, 6) is 0.558. The monoisotopic (exact) mass is 470 g/mol. The van der Waals surface area contributed by atoms with Crippen molar-refractivity contribution in [2.75, 3.05) is 0 Å². The number of rotatable bonds is 6. The summed E-state index contributed by atoms with van der Waals surface area (Å²) in [4.78, 5) is 0. The van der Waals surface area contributed by atoms with Crippen LogP contribution in [0.4, 0.5) is 0 Å². The SMILES string of the molecule is C[C@@H]1C[C@@H](O[Si](C)(C)C(C)(C)C)/C1=C/[Si](c1ccccc1)(c1ccccc1)c1ccccc1. The fourth-order valence-electron chi connectivity index (χ4n) is 4.74. The first kappa shape index (κ1) is 23.9. The molecule has 3 aromatic carbocycles. The molecule has 4 rings (SSSR count). The predicted octanol–water partition coefficient (Wildman–Crippen LogP) is 6.05. The molecule has 1 aliphatic carbocycles. The third-order valence-corrected chi connectivity index (χ3v) is 16.8. The van der Waals surface area contributed by atoms with E-state index in [-0.39, 0.29) is 11.1 Å². The lowest BCUT2D eigenvalue weighted by Crippen LogP contribution is -2.67. The molecule has 3 aromatic rings. The first-order valence-electron chi connectivity index (χ1n) is 12.2. The van der Waals surface area contributed by atoms with Gasteiger partial charge in [-0.05, 0) is 51.6 Å². The standard InChI is InChI=1S/C30H38OSi2/c1-24-22-29(31-32(5,6)30(2,3)4)28(24)23-33(25-16-10-7-11-17-25,26-18-12-8-13-19-26)27-20-14-9-15-21-27/h7-21,23-24,29H,22H2,1-6H3/b28-23+/t24-,29-/m1/s1. The van der Waals surface area contributed by atoms with Gasteiger partial charge >= 0.3 is 0 Å². The van der Waals surface area contributed by atoms with Crippen molar-refractivity contribution in [2.45, 2.75) is 58.4 Å². The van der Waals surface area contributed by atoms with Crippen LogP contribution in [0.15, 0.2) is 102 Å². The van der Waals surface area contributed by atoms with Crippen LogP contribution in [-0.4, -0.2) is 22.5 Å². The average molecular weight is 471 g/mol. The van der Waals surface area contributed by atoms with Gasteiger partial charge < -0.3 is 4.43 Å². The highest BCUT2D eigenvalue weighted by molar-refractivity contribution is 7.14. The van der Waals surface area contributed by atoms with Crippen LogP contribution in [0.1, 0.15) is 34.1 Å². The summed E-state index contributed by atoms with van der Waals surface area (Å²) < 4.78 is 6.97. The van der Waals surface area contributed by atoms with Crippen molar-refractivity contribution in [3.63, 3.8) is 0 Å². The van der Waals surface area contributed by atoms with Gasteiger partial charge in [0.15, 0.2) is 16.4 Å². The van der Waals surface area contributed by atoms with E-state index in [9.17, 15) is 0 Å². The summed E-state index contributed by atoms with van der Waals surface area (Å²) in [5.41, 5.74) is 4.18. The van der Waals surface area contributed by atoms with Gasteiger partial charge in [-0.2, -0.15) is 0 Å². The van der Waals surface area contributed by atoms with E-state index in [1.54, 1.807) is 0 Å². The molecule has 2 atom stereocenters. The summed E-state index contributed by atoms with van der Waals surface area (Å²) in [5, 5.41) is 4.50. The van der Waals surface area contributed by atoms with Crippen molar-refractivity contribution in [2.24, 2.45) is 5.92 Å². The minimum absolute atomic E-state index is 0.212. The minimum Gasteiger partial charge on any atom is -0.410 e. The van der Waals surface area contributed by atoms with Crippen molar-refractivity contribution in [3.05, 3.63) is 102 Å². The fourth-order valence-corrected chi connectivity index (χ4v) is 10.7. The maximum Gasteiger partial charge on any atom is 0.192 e. The lowest BCUT2D eigenvalue weighted by atomic mass is 9.79. The van der Waals surface area contributed by atoms with Gasteiger partial charge in [0.25, 0.3) is 0 Å². The van der Waals surface area contributed by atoms with Gasteiger partial charge in [-0.1, -0.05) is 124 Å². The predicted molar refractivity (Wildman–Crippen MR) is 148 cm³/mol. The smallest absolute Gasteiger partial charge is 0.192 e. The van der Waals surface area contributed by atoms with Crippen LogP contribution in [0, 0.1) is 5.92 Å². The van der Waals surface area contributed by atoms with Gasteiger partial charge in [0, 0.05) is 0 Å². The molecule has 0 unspecified atom stereocenters. The quantitative estimate of drug-likeness (QED) is 0.315. The molecular formula is C30H38OSi2. The van der Waals surface area contributed by atoms with E-state index >= 15 is 0 Å². The van der Waals surface area contributed by atoms with Crippen LogP contribution < -0.4 is 15.6 Å². The van der Waals surface area contributed by atoms with E-state index in [1.807, 2.05) is 0 Å². The van der Waals surface area contributed by atoms with Crippen molar-refractivity contribution < 1.29 is 4.43 Å². The van der Waals surface area contributed by atoms with Crippen LogP contribution in [-0.2, 0) is 4.43 Å². The van der Waals surface area contributed by atoms with E-state index in [1.165, 1.54) is 21.1 Å². The Hall–Kier alpha value is -2.21. The van der Waals surface area contributed by atoms with Gasteiger partial charge in [0.1, 0.15) is 0 Å². The second kappa shape index (κ2) is 9.21.